The highest BCUT2D eigenvalue weighted by Gasteiger charge is 2.36. The molecule has 0 heterocycles. The quantitative estimate of drug-likeness (QED) is 0.296. The number of hydrogen-bond donors (Lipinski definition) is 0. The van der Waals surface area contributed by atoms with E-state index in [0.29, 0.717) is 5.57 Å². The molecule has 4 heteroatoms. The molecule has 1 unspecified atom stereocenters. The second-order valence-electron chi connectivity index (χ2n) is 5.92. The first kappa shape index (κ1) is 21.3. The van der Waals surface area contributed by atoms with E-state index in [-0.39, 0.29) is 16.9 Å². The summed E-state index contributed by atoms with van der Waals surface area (Å²) in [7, 11) is 0. The highest BCUT2D eigenvalue weighted by atomic mass is 19.0. The molecule has 0 aliphatic heterocycles. The van der Waals surface area contributed by atoms with Gasteiger partial charge >= 0.3 is 5.97 Å². The predicted molar refractivity (Wildman–Crippen MR) is 91.1 cm³/mol. The Bertz CT molecular complexity index is 483. The van der Waals surface area contributed by atoms with Crippen LogP contribution in [0.1, 0.15) is 46.1 Å². The van der Waals surface area contributed by atoms with E-state index < -0.39 is 0 Å². The molecule has 0 radical (unpaired) electrons. The largest absolute Gasteiger partial charge is 1.00 e. The highest BCUT2D eigenvalue weighted by molar-refractivity contribution is 5.87. The summed E-state index contributed by atoms with van der Waals surface area (Å²) in [4.78, 5) is 12.0. The van der Waals surface area contributed by atoms with Crippen molar-refractivity contribution in [1.29, 1.82) is 0 Å². The van der Waals surface area contributed by atoms with Crippen LogP contribution in [-0.4, -0.2) is 29.8 Å². The Morgan fingerprint density at radius 3 is 2.17 bits per heavy atom. The number of benzene rings is 1. The summed E-state index contributed by atoms with van der Waals surface area (Å²) in [5.74, 6) is -0.282. The Morgan fingerprint density at radius 1 is 1.17 bits per heavy atom. The summed E-state index contributed by atoms with van der Waals surface area (Å²) >= 11 is 0. The molecule has 0 N–H and O–H groups in total. The molecular weight excluding hydrogens is 293 g/mol. The molecule has 0 spiro atoms. The number of esters is 1. The average molecular weight is 323 g/mol. The van der Waals surface area contributed by atoms with Gasteiger partial charge in [-0.05, 0) is 27.2 Å². The molecular formula is C19H30FNO2. The molecule has 23 heavy (non-hydrogen) atoms. The maximum atomic E-state index is 12.0. The molecule has 0 aliphatic rings. The van der Waals surface area contributed by atoms with Gasteiger partial charge in [-0.3, -0.25) is 4.48 Å². The van der Waals surface area contributed by atoms with Crippen LogP contribution in [0.15, 0.2) is 42.5 Å². The Hall–Kier alpha value is -1.68. The number of quaternary nitrogens is 1. The van der Waals surface area contributed by atoms with Crippen LogP contribution in [0.2, 0.25) is 0 Å². The Morgan fingerprint density at radius 2 is 1.74 bits per heavy atom. The number of carbonyl (C=O) groups is 1. The Labute approximate surface area is 139 Å². The minimum absolute atomic E-state index is 0. The number of ether oxygens (including phenoxy) is 1. The van der Waals surface area contributed by atoms with Gasteiger partial charge in [0.2, 0.25) is 6.23 Å². The number of rotatable bonds is 9. The van der Waals surface area contributed by atoms with Gasteiger partial charge in [-0.25, -0.2) is 4.79 Å². The van der Waals surface area contributed by atoms with E-state index in [1.54, 1.807) is 6.92 Å². The van der Waals surface area contributed by atoms with Crippen LogP contribution in [0.5, 0.6) is 0 Å². The van der Waals surface area contributed by atoms with Gasteiger partial charge in [0.25, 0.3) is 0 Å². The lowest BCUT2D eigenvalue weighted by Gasteiger charge is -2.42. The number of hydrogen-bond acceptors (Lipinski definition) is 2. The minimum Gasteiger partial charge on any atom is -1.00 e. The van der Waals surface area contributed by atoms with Gasteiger partial charge in [-0.15, -0.1) is 0 Å². The first-order valence-corrected chi connectivity index (χ1v) is 8.25. The Kier molecular flexibility index (Phi) is 9.42. The van der Waals surface area contributed by atoms with Crippen LogP contribution in [0.3, 0.4) is 0 Å². The van der Waals surface area contributed by atoms with Crippen molar-refractivity contribution in [2.24, 2.45) is 0 Å². The third kappa shape index (κ3) is 5.79. The maximum Gasteiger partial charge on any atom is 0.337 e. The summed E-state index contributed by atoms with van der Waals surface area (Å²) < 4.78 is 6.57. The van der Waals surface area contributed by atoms with Crippen molar-refractivity contribution in [1.82, 2.24) is 0 Å². The zero-order chi connectivity index (χ0) is 16.6. The summed E-state index contributed by atoms with van der Waals surface area (Å²) in [6.45, 7) is 14.6. The molecule has 130 valence electrons. The van der Waals surface area contributed by atoms with Gasteiger partial charge in [0.15, 0.2) is 0 Å². The molecule has 0 saturated carbocycles. The molecule has 1 aromatic carbocycles. The van der Waals surface area contributed by atoms with Crippen molar-refractivity contribution in [3.05, 3.63) is 48.0 Å². The average Bonchev–Trinajstić information content (AvgIpc) is 2.53. The third-order valence-corrected chi connectivity index (χ3v) is 4.34. The van der Waals surface area contributed by atoms with Crippen molar-refractivity contribution >= 4 is 5.97 Å². The van der Waals surface area contributed by atoms with Gasteiger partial charge in [-0.1, -0.05) is 43.8 Å². The van der Waals surface area contributed by atoms with Crippen molar-refractivity contribution in [3.8, 4) is 0 Å². The molecule has 0 amide bonds. The van der Waals surface area contributed by atoms with Crippen LogP contribution >= 0.6 is 0 Å². The molecule has 3 nitrogen and oxygen atoms in total. The van der Waals surface area contributed by atoms with Crippen LogP contribution in [-0.2, 0) is 16.1 Å². The number of halogens is 1. The van der Waals surface area contributed by atoms with Gasteiger partial charge in [-0.2, -0.15) is 0 Å². The summed E-state index contributed by atoms with van der Waals surface area (Å²) in [5, 5.41) is 0. The van der Waals surface area contributed by atoms with E-state index in [1.165, 1.54) is 5.56 Å². The van der Waals surface area contributed by atoms with E-state index in [1.807, 2.05) is 6.07 Å². The molecule has 0 aliphatic carbocycles. The third-order valence-electron chi connectivity index (χ3n) is 4.34. The van der Waals surface area contributed by atoms with Crippen LogP contribution in [0, 0.1) is 0 Å². The van der Waals surface area contributed by atoms with E-state index in [0.717, 1.165) is 37.0 Å². The zero-order valence-electron chi connectivity index (χ0n) is 14.8. The SMILES string of the molecule is C=C(C)C(=O)OC(CCC)[N+](CC)(CC)Cc1ccccc1.[F-]. The van der Waals surface area contributed by atoms with E-state index in [4.69, 9.17) is 4.74 Å². The molecule has 1 aromatic rings. The van der Waals surface area contributed by atoms with Crippen molar-refractivity contribution < 1.29 is 18.7 Å². The van der Waals surface area contributed by atoms with E-state index >= 15 is 0 Å². The monoisotopic (exact) mass is 323 g/mol. The standard InChI is InChI=1S/C19H30NO2.FH/c1-6-12-18(22-19(21)16(4)5)20(7-2,8-3)15-17-13-10-9-11-14-17;/h9-11,13-14,18H,4,6-8,12,15H2,1-3,5H3;1H/q+1;/p-1. The second-order valence-corrected chi connectivity index (χ2v) is 5.92. The van der Waals surface area contributed by atoms with E-state index in [2.05, 4.69) is 51.6 Å². The fourth-order valence-electron chi connectivity index (χ4n) is 2.82. The predicted octanol–water partition coefficient (Wildman–Crippen LogP) is 1.29. The summed E-state index contributed by atoms with van der Waals surface area (Å²) in [6.07, 6.45) is 1.74. The minimum atomic E-state index is -0.282. The highest BCUT2D eigenvalue weighted by Crippen LogP contribution is 2.24. The first-order valence-electron chi connectivity index (χ1n) is 8.25. The molecule has 1 atom stereocenters. The smallest absolute Gasteiger partial charge is 0.337 e. The molecule has 0 bridgehead atoms. The summed E-state index contributed by atoms with van der Waals surface area (Å²) in [6, 6.07) is 10.4. The van der Waals surface area contributed by atoms with Gasteiger partial charge in [0, 0.05) is 17.6 Å². The molecule has 1 rings (SSSR count). The van der Waals surface area contributed by atoms with Crippen LogP contribution in [0.25, 0.3) is 0 Å². The molecule has 0 aromatic heterocycles. The number of nitrogens with zero attached hydrogens (tertiary/aromatic N) is 1. The van der Waals surface area contributed by atoms with Crippen molar-refractivity contribution in [2.45, 2.75) is 53.3 Å². The normalized spacial score (nSPS) is 12.2. The lowest BCUT2D eigenvalue weighted by Crippen LogP contribution is -3.00. The van der Waals surface area contributed by atoms with Crippen LogP contribution in [0.4, 0.5) is 0 Å². The lowest BCUT2D eigenvalue weighted by atomic mass is 10.1. The zero-order valence-corrected chi connectivity index (χ0v) is 14.8. The van der Waals surface area contributed by atoms with Gasteiger partial charge in [0.1, 0.15) is 6.54 Å². The lowest BCUT2D eigenvalue weighted by molar-refractivity contribution is -0.978. The van der Waals surface area contributed by atoms with Crippen molar-refractivity contribution in [2.75, 3.05) is 13.1 Å². The van der Waals surface area contributed by atoms with Crippen LogP contribution < -0.4 is 4.70 Å². The van der Waals surface area contributed by atoms with E-state index in [9.17, 15) is 4.79 Å². The molecule has 0 fully saturated rings. The topological polar surface area (TPSA) is 26.3 Å². The number of carbonyl (C=O) groups excluding carboxylic acids is 1. The maximum absolute atomic E-state index is 12.0. The van der Waals surface area contributed by atoms with Gasteiger partial charge in [0.05, 0.1) is 13.1 Å². The Balaban J connectivity index is 0.00000484. The fourth-order valence-corrected chi connectivity index (χ4v) is 2.82. The first-order chi connectivity index (χ1) is 10.5. The van der Waals surface area contributed by atoms with Gasteiger partial charge < -0.3 is 9.44 Å². The second kappa shape index (κ2) is 10.2. The summed E-state index contributed by atoms with van der Waals surface area (Å²) in [5.41, 5.74) is 1.74. The molecule has 0 saturated heterocycles. The fraction of sp³-hybridized carbons (Fsp3) is 0.526. The van der Waals surface area contributed by atoms with Crippen molar-refractivity contribution in [3.63, 3.8) is 0 Å².